The highest BCUT2D eigenvalue weighted by Crippen LogP contribution is 2.38. The average molecular weight is 360 g/mol. The van der Waals surface area contributed by atoms with Crippen LogP contribution in [0, 0.1) is 0 Å². The molecule has 3 N–H and O–H groups in total. The number of hydrogen-bond acceptors (Lipinski definition) is 2. The summed E-state index contributed by atoms with van der Waals surface area (Å²) < 4.78 is 0. The SMILES string of the molecule is NC(=O)N(O)C1CCCc2ccc3cc(CCc4ccccc4)ccc3c21. The maximum absolute atomic E-state index is 11.5. The zero-order chi connectivity index (χ0) is 18.8. The Labute approximate surface area is 159 Å². The van der Waals surface area contributed by atoms with Crippen LogP contribution in [0.5, 0.6) is 0 Å². The van der Waals surface area contributed by atoms with E-state index in [0.29, 0.717) is 5.06 Å². The quantitative estimate of drug-likeness (QED) is 0.520. The van der Waals surface area contributed by atoms with E-state index in [-0.39, 0.29) is 6.04 Å². The minimum absolute atomic E-state index is 0.370. The lowest BCUT2D eigenvalue weighted by atomic mass is 9.83. The van der Waals surface area contributed by atoms with Gasteiger partial charge in [0.2, 0.25) is 0 Å². The molecule has 0 bridgehead atoms. The molecule has 138 valence electrons. The lowest BCUT2D eigenvalue weighted by Gasteiger charge is -2.31. The molecular weight excluding hydrogens is 336 g/mol. The molecule has 0 saturated heterocycles. The predicted octanol–water partition coefficient (Wildman–Crippen LogP) is 4.77. The Morgan fingerprint density at radius 2 is 1.81 bits per heavy atom. The number of carbonyl (C=O) groups is 1. The van der Waals surface area contributed by atoms with Gasteiger partial charge in [-0.05, 0) is 65.1 Å². The smallest absolute Gasteiger partial charge is 0.339 e. The summed E-state index contributed by atoms with van der Waals surface area (Å²) in [4.78, 5) is 11.5. The first-order valence-electron chi connectivity index (χ1n) is 9.49. The Balaban J connectivity index is 1.67. The standard InChI is InChI=1S/C23H24N2O2/c24-23(26)25(27)21-8-4-7-18-12-13-19-15-17(11-14-20(19)22(18)21)10-9-16-5-2-1-3-6-16/h1-3,5-6,11-15,21,27H,4,7-10H2,(H2,24,26). The van der Waals surface area contributed by atoms with Crippen molar-refractivity contribution in [2.24, 2.45) is 5.73 Å². The van der Waals surface area contributed by atoms with Gasteiger partial charge in [0.1, 0.15) is 0 Å². The topological polar surface area (TPSA) is 66.6 Å². The number of fused-ring (bicyclic) bond motifs is 3. The van der Waals surface area contributed by atoms with Gasteiger partial charge in [-0.2, -0.15) is 5.06 Å². The summed E-state index contributed by atoms with van der Waals surface area (Å²) in [6.45, 7) is 0. The lowest BCUT2D eigenvalue weighted by Crippen LogP contribution is -2.37. The van der Waals surface area contributed by atoms with E-state index in [1.165, 1.54) is 16.7 Å². The van der Waals surface area contributed by atoms with E-state index in [9.17, 15) is 10.0 Å². The molecule has 27 heavy (non-hydrogen) atoms. The zero-order valence-electron chi connectivity index (χ0n) is 15.3. The lowest BCUT2D eigenvalue weighted by molar-refractivity contribution is -0.0804. The molecule has 3 aromatic rings. The Hall–Kier alpha value is -2.85. The van der Waals surface area contributed by atoms with Gasteiger partial charge in [-0.1, -0.05) is 60.7 Å². The number of hydroxylamine groups is 2. The summed E-state index contributed by atoms with van der Waals surface area (Å²) in [6, 6.07) is 20.1. The van der Waals surface area contributed by atoms with Crippen LogP contribution in [0.25, 0.3) is 10.8 Å². The van der Waals surface area contributed by atoms with Gasteiger partial charge < -0.3 is 5.73 Å². The summed E-state index contributed by atoms with van der Waals surface area (Å²) in [6.07, 6.45) is 4.61. The molecule has 4 nitrogen and oxygen atoms in total. The van der Waals surface area contributed by atoms with Crippen molar-refractivity contribution < 1.29 is 10.0 Å². The largest absolute Gasteiger partial charge is 0.350 e. The van der Waals surface area contributed by atoms with Gasteiger partial charge in [0.05, 0.1) is 6.04 Å². The van der Waals surface area contributed by atoms with Crippen LogP contribution in [0.2, 0.25) is 0 Å². The van der Waals surface area contributed by atoms with Crippen molar-refractivity contribution in [2.75, 3.05) is 0 Å². The van der Waals surface area contributed by atoms with Crippen molar-refractivity contribution in [3.63, 3.8) is 0 Å². The highest BCUT2D eigenvalue weighted by molar-refractivity contribution is 5.88. The number of urea groups is 1. The molecular formula is C23H24N2O2. The third-order valence-corrected chi connectivity index (χ3v) is 5.54. The Morgan fingerprint density at radius 3 is 2.59 bits per heavy atom. The van der Waals surface area contributed by atoms with Crippen LogP contribution in [-0.2, 0) is 19.3 Å². The maximum Gasteiger partial charge on any atom is 0.339 e. The highest BCUT2D eigenvalue weighted by atomic mass is 16.5. The first-order valence-corrected chi connectivity index (χ1v) is 9.49. The van der Waals surface area contributed by atoms with Crippen LogP contribution < -0.4 is 5.73 Å². The summed E-state index contributed by atoms with van der Waals surface area (Å²) in [5, 5.41) is 13.1. The third kappa shape index (κ3) is 3.53. The monoisotopic (exact) mass is 360 g/mol. The van der Waals surface area contributed by atoms with E-state index in [4.69, 9.17) is 5.73 Å². The van der Waals surface area contributed by atoms with E-state index in [1.54, 1.807) is 0 Å². The van der Waals surface area contributed by atoms with Crippen molar-refractivity contribution in [3.05, 3.63) is 82.9 Å². The molecule has 0 heterocycles. The number of benzene rings is 3. The van der Waals surface area contributed by atoms with Crippen LogP contribution in [0.15, 0.2) is 60.7 Å². The van der Waals surface area contributed by atoms with Crippen LogP contribution in [0.4, 0.5) is 4.79 Å². The van der Waals surface area contributed by atoms with Crippen LogP contribution in [0.1, 0.15) is 41.1 Å². The molecule has 1 aliphatic rings. The number of nitrogens with zero attached hydrogens (tertiary/aromatic N) is 1. The second kappa shape index (κ2) is 7.41. The molecule has 4 heteroatoms. The van der Waals surface area contributed by atoms with Crippen molar-refractivity contribution in [2.45, 2.75) is 38.1 Å². The molecule has 0 radical (unpaired) electrons. The van der Waals surface area contributed by atoms with Crippen molar-refractivity contribution in [1.82, 2.24) is 5.06 Å². The Bertz CT molecular complexity index is 969. The van der Waals surface area contributed by atoms with E-state index in [2.05, 4.69) is 54.6 Å². The summed E-state index contributed by atoms with van der Waals surface area (Å²) in [5.41, 5.74) is 10.2. The molecule has 0 fully saturated rings. The number of primary amides is 1. The fourth-order valence-corrected chi connectivity index (χ4v) is 4.18. The summed E-state index contributed by atoms with van der Waals surface area (Å²) in [5.74, 6) is 0. The second-order valence-electron chi connectivity index (χ2n) is 7.27. The number of hydrogen-bond donors (Lipinski definition) is 2. The number of carbonyl (C=O) groups excluding carboxylic acids is 1. The molecule has 0 aromatic heterocycles. The highest BCUT2D eigenvalue weighted by Gasteiger charge is 2.29. The van der Waals surface area contributed by atoms with Gasteiger partial charge in [0, 0.05) is 0 Å². The molecule has 3 aromatic carbocycles. The second-order valence-corrected chi connectivity index (χ2v) is 7.27. The first-order chi connectivity index (χ1) is 13.1. The average Bonchev–Trinajstić information content (AvgIpc) is 2.71. The minimum atomic E-state index is -0.802. The van der Waals surface area contributed by atoms with Gasteiger partial charge in [-0.25, -0.2) is 4.79 Å². The maximum atomic E-state index is 11.5. The number of aryl methyl sites for hydroxylation is 3. The van der Waals surface area contributed by atoms with Crippen LogP contribution >= 0.6 is 0 Å². The molecule has 2 amide bonds. The molecule has 1 atom stereocenters. The van der Waals surface area contributed by atoms with Gasteiger partial charge in [0.15, 0.2) is 0 Å². The molecule has 1 unspecified atom stereocenters. The van der Waals surface area contributed by atoms with Crippen LogP contribution in [-0.4, -0.2) is 16.3 Å². The van der Waals surface area contributed by atoms with Gasteiger partial charge in [0.25, 0.3) is 0 Å². The first kappa shape index (κ1) is 17.6. The normalized spacial score (nSPS) is 16.1. The molecule has 0 aliphatic heterocycles. The number of amides is 2. The molecule has 0 saturated carbocycles. The van der Waals surface area contributed by atoms with E-state index < -0.39 is 6.03 Å². The van der Waals surface area contributed by atoms with Crippen molar-refractivity contribution >= 4 is 16.8 Å². The fraction of sp³-hybridized carbons (Fsp3) is 0.261. The molecule has 4 rings (SSSR count). The van der Waals surface area contributed by atoms with Gasteiger partial charge in [-0.3, -0.25) is 5.21 Å². The Kier molecular flexibility index (Phi) is 4.82. The summed E-state index contributed by atoms with van der Waals surface area (Å²) in [7, 11) is 0. The number of nitrogens with two attached hydrogens (primary N) is 1. The molecule has 0 spiro atoms. The minimum Gasteiger partial charge on any atom is -0.350 e. The Morgan fingerprint density at radius 1 is 1.04 bits per heavy atom. The number of rotatable bonds is 4. The van der Waals surface area contributed by atoms with E-state index in [0.717, 1.165) is 48.4 Å². The van der Waals surface area contributed by atoms with Gasteiger partial charge in [-0.15, -0.1) is 0 Å². The van der Waals surface area contributed by atoms with Crippen molar-refractivity contribution in [1.29, 1.82) is 0 Å². The van der Waals surface area contributed by atoms with E-state index in [1.807, 2.05) is 6.07 Å². The van der Waals surface area contributed by atoms with Gasteiger partial charge >= 0.3 is 6.03 Å². The van der Waals surface area contributed by atoms with E-state index >= 15 is 0 Å². The van der Waals surface area contributed by atoms with Crippen LogP contribution in [0.3, 0.4) is 0 Å². The zero-order valence-corrected chi connectivity index (χ0v) is 15.3. The summed E-state index contributed by atoms with van der Waals surface area (Å²) >= 11 is 0. The predicted molar refractivity (Wildman–Crippen MR) is 107 cm³/mol. The fourth-order valence-electron chi connectivity index (χ4n) is 4.18. The molecule has 1 aliphatic carbocycles. The van der Waals surface area contributed by atoms with Crippen molar-refractivity contribution in [3.8, 4) is 0 Å². The third-order valence-electron chi connectivity index (χ3n) is 5.54.